The van der Waals surface area contributed by atoms with Crippen molar-refractivity contribution in [3.05, 3.63) is 29.8 Å². The van der Waals surface area contributed by atoms with Gasteiger partial charge in [-0.2, -0.15) is 0 Å². The third kappa shape index (κ3) is 5.30. The minimum atomic E-state index is 0.478. The average Bonchev–Trinajstić information content (AvgIpc) is 3.34. The summed E-state index contributed by atoms with van der Waals surface area (Å²) in [6, 6.07) is 8.95. The molecule has 1 aliphatic carbocycles. The van der Waals surface area contributed by atoms with Crippen LogP contribution in [0.2, 0.25) is 0 Å². The van der Waals surface area contributed by atoms with Crippen molar-refractivity contribution in [2.24, 2.45) is 5.92 Å². The molecule has 1 fully saturated rings. The first-order chi connectivity index (χ1) is 10.2. The van der Waals surface area contributed by atoms with E-state index in [1.165, 1.54) is 18.4 Å². The lowest BCUT2D eigenvalue weighted by molar-refractivity contribution is 0.161. The smallest absolute Gasteiger partial charge is 0.118 e. The Morgan fingerprint density at radius 2 is 1.90 bits per heavy atom. The molecule has 1 unspecified atom stereocenters. The minimum absolute atomic E-state index is 0.478. The number of methoxy groups -OCH3 is 2. The molecule has 0 amide bonds. The summed E-state index contributed by atoms with van der Waals surface area (Å²) in [5.41, 5.74) is 1.37. The maximum absolute atomic E-state index is 5.24. The van der Waals surface area contributed by atoms with E-state index in [1.54, 1.807) is 14.2 Å². The molecule has 0 spiro atoms. The van der Waals surface area contributed by atoms with Crippen LogP contribution in [0.3, 0.4) is 0 Å². The Hall–Kier alpha value is -1.10. The highest BCUT2D eigenvalue weighted by Crippen LogP contribution is 2.41. The summed E-state index contributed by atoms with van der Waals surface area (Å²) in [5, 5.41) is 3.72. The number of benzene rings is 1. The Labute approximate surface area is 128 Å². The Bertz CT molecular complexity index is 404. The van der Waals surface area contributed by atoms with Crippen LogP contribution in [-0.4, -0.2) is 52.4 Å². The van der Waals surface area contributed by atoms with E-state index in [1.807, 2.05) is 0 Å². The van der Waals surface area contributed by atoms with Crippen LogP contribution in [0, 0.1) is 5.92 Å². The molecule has 1 aromatic carbocycles. The Morgan fingerprint density at radius 3 is 2.48 bits per heavy atom. The highest BCUT2D eigenvalue weighted by molar-refractivity contribution is 5.30. The summed E-state index contributed by atoms with van der Waals surface area (Å²) in [6.07, 6.45) is 2.67. The fourth-order valence-corrected chi connectivity index (χ4v) is 2.57. The largest absolute Gasteiger partial charge is 0.497 e. The molecule has 1 saturated carbocycles. The van der Waals surface area contributed by atoms with Crippen LogP contribution in [0.1, 0.15) is 24.4 Å². The van der Waals surface area contributed by atoms with Gasteiger partial charge in [0.05, 0.1) is 13.7 Å². The van der Waals surface area contributed by atoms with Crippen molar-refractivity contribution in [2.45, 2.75) is 18.9 Å². The molecule has 4 nitrogen and oxygen atoms in total. The molecule has 0 radical (unpaired) electrons. The van der Waals surface area contributed by atoms with E-state index in [4.69, 9.17) is 9.47 Å². The van der Waals surface area contributed by atoms with Gasteiger partial charge in [0.2, 0.25) is 0 Å². The molecule has 0 heterocycles. The molecule has 21 heavy (non-hydrogen) atoms. The van der Waals surface area contributed by atoms with Crippen molar-refractivity contribution < 1.29 is 9.47 Å². The van der Waals surface area contributed by atoms with E-state index >= 15 is 0 Å². The number of nitrogens with one attached hydrogen (secondary N) is 1. The lowest BCUT2D eigenvalue weighted by Gasteiger charge is -2.22. The van der Waals surface area contributed by atoms with Crippen LogP contribution >= 0.6 is 0 Å². The first kappa shape index (κ1) is 16.3. The van der Waals surface area contributed by atoms with Crippen LogP contribution in [-0.2, 0) is 4.74 Å². The SMILES string of the molecule is COCCN(C)CCNC(c1ccc(OC)cc1)C1CC1. The Balaban J connectivity index is 1.82. The molecule has 1 N–H and O–H groups in total. The van der Waals surface area contributed by atoms with Gasteiger partial charge in [0.15, 0.2) is 0 Å². The maximum atomic E-state index is 5.24. The Kier molecular flexibility index (Phi) is 6.49. The number of hydrogen-bond donors (Lipinski definition) is 1. The van der Waals surface area contributed by atoms with Gasteiger partial charge in [0, 0.05) is 32.8 Å². The van der Waals surface area contributed by atoms with Crippen molar-refractivity contribution in [1.82, 2.24) is 10.2 Å². The fourth-order valence-electron chi connectivity index (χ4n) is 2.57. The highest BCUT2D eigenvalue weighted by Gasteiger charge is 2.31. The average molecular weight is 292 g/mol. The van der Waals surface area contributed by atoms with E-state index in [0.717, 1.165) is 37.9 Å². The molecule has 0 aromatic heterocycles. The summed E-state index contributed by atoms with van der Waals surface area (Å²) in [6.45, 7) is 3.83. The van der Waals surface area contributed by atoms with Gasteiger partial charge in [0.1, 0.15) is 5.75 Å². The van der Waals surface area contributed by atoms with Gasteiger partial charge in [0.25, 0.3) is 0 Å². The molecule has 0 bridgehead atoms. The van der Waals surface area contributed by atoms with Gasteiger partial charge in [-0.15, -0.1) is 0 Å². The highest BCUT2D eigenvalue weighted by atomic mass is 16.5. The van der Waals surface area contributed by atoms with E-state index in [0.29, 0.717) is 6.04 Å². The van der Waals surface area contributed by atoms with Crippen molar-refractivity contribution in [1.29, 1.82) is 0 Å². The lowest BCUT2D eigenvalue weighted by atomic mass is 10.0. The van der Waals surface area contributed by atoms with Gasteiger partial charge in [-0.1, -0.05) is 12.1 Å². The van der Waals surface area contributed by atoms with Crippen molar-refractivity contribution >= 4 is 0 Å². The van der Waals surface area contributed by atoms with Crippen LogP contribution in [0.25, 0.3) is 0 Å². The normalized spacial score (nSPS) is 16.2. The van der Waals surface area contributed by atoms with Crippen molar-refractivity contribution in [2.75, 3.05) is 47.5 Å². The summed E-state index contributed by atoms with van der Waals surface area (Å²) in [7, 11) is 5.60. The van der Waals surface area contributed by atoms with E-state index in [9.17, 15) is 0 Å². The maximum Gasteiger partial charge on any atom is 0.118 e. The molecule has 2 rings (SSSR count). The molecular formula is C17H28N2O2. The second-order valence-electron chi connectivity index (χ2n) is 5.84. The van der Waals surface area contributed by atoms with Gasteiger partial charge in [-0.3, -0.25) is 0 Å². The number of likely N-dealkylation sites (N-methyl/N-ethyl adjacent to an activating group) is 1. The zero-order valence-electron chi connectivity index (χ0n) is 13.5. The fraction of sp³-hybridized carbons (Fsp3) is 0.647. The van der Waals surface area contributed by atoms with Gasteiger partial charge in [-0.05, 0) is 43.5 Å². The lowest BCUT2D eigenvalue weighted by Crippen LogP contribution is -2.34. The minimum Gasteiger partial charge on any atom is -0.497 e. The van der Waals surface area contributed by atoms with Crippen molar-refractivity contribution in [3.63, 3.8) is 0 Å². The standard InChI is InChI=1S/C17H28N2O2/c1-19(12-13-20-2)11-10-18-17(14-4-5-14)15-6-8-16(21-3)9-7-15/h6-9,14,17-18H,4-5,10-13H2,1-3H3. The number of ether oxygens (including phenoxy) is 2. The zero-order chi connectivity index (χ0) is 15.1. The third-order valence-electron chi connectivity index (χ3n) is 4.10. The first-order valence-electron chi connectivity index (χ1n) is 7.79. The van der Waals surface area contributed by atoms with Crippen LogP contribution < -0.4 is 10.1 Å². The van der Waals surface area contributed by atoms with E-state index in [-0.39, 0.29) is 0 Å². The molecule has 1 aromatic rings. The summed E-state index contributed by atoms with van der Waals surface area (Å²) < 4.78 is 10.3. The molecule has 0 aliphatic heterocycles. The third-order valence-corrected chi connectivity index (χ3v) is 4.10. The van der Waals surface area contributed by atoms with Crippen LogP contribution in [0.15, 0.2) is 24.3 Å². The van der Waals surface area contributed by atoms with Gasteiger partial charge < -0.3 is 19.7 Å². The topological polar surface area (TPSA) is 33.7 Å². The van der Waals surface area contributed by atoms with Crippen LogP contribution in [0.4, 0.5) is 0 Å². The predicted octanol–water partition coefficient (Wildman–Crippen LogP) is 2.31. The zero-order valence-corrected chi connectivity index (χ0v) is 13.5. The summed E-state index contributed by atoms with van der Waals surface area (Å²) in [4.78, 5) is 2.30. The second kappa shape index (κ2) is 8.37. The number of nitrogens with zero attached hydrogens (tertiary/aromatic N) is 1. The number of rotatable bonds is 10. The molecule has 118 valence electrons. The molecule has 1 atom stereocenters. The monoisotopic (exact) mass is 292 g/mol. The molecular weight excluding hydrogens is 264 g/mol. The Morgan fingerprint density at radius 1 is 1.19 bits per heavy atom. The van der Waals surface area contributed by atoms with Crippen LogP contribution in [0.5, 0.6) is 5.75 Å². The second-order valence-corrected chi connectivity index (χ2v) is 5.84. The quantitative estimate of drug-likeness (QED) is 0.717. The molecule has 1 aliphatic rings. The molecule has 0 saturated heterocycles. The van der Waals surface area contributed by atoms with Gasteiger partial charge in [-0.25, -0.2) is 0 Å². The molecule has 4 heteroatoms. The summed E-state index contributed by atoms with van der Waals surface area (Å²) >= 11 is 0. The van der Waals surface area contributed by atoms with Gasteiger partial charge >= 0.3 is 0 Å². The summed E-state index contributed by atoms with van der Waals surface area (Å²) in [5.74, 6) is 1.72. The van der Waals surface area contributed by atoms with Crippen molar-refractivity contribution in [3.8, 4) is 5.75 Å². The first-order valence-corrected chi connectivity index (χ1v) is 7.79. The number of hydrogen-bond acceptors (Lipinski definition) is 4. The van der Waals surface area contributed by atoms with E-state index < -0.39 is 0 Å². The predicted molar refractivity (Wildman–Crippen MR) is 85.8 cm³/mol. The van der Waals surface area contributed by atoms with E-state index in [2.05, 4.69) is 41.5 Å².